The summed E-state index contributed by atoms with van der Waals surface area (Å²) in [4.78, 5) is 0. The van der Waals surface area contributed by atoms with Gasteiger partial charge in [-0.3, -0.25) is 0 Å². The Balaban J connectivity index is 2.06. The third-order valence-corrected chi connectivity index (χ3v) is 4.01. The molecule has 0 fully saturated rings. The average molecular weight is 301 g/mol. The summed E-state index contributed by atoms with van der Waals surface area (Å²) in [6, 6.07) is 10.7. The second kappa shape index (κ2) is 6.36. The fourth-order valence-electron chi connectivity index (χ4n) is 3.02. The first-order chi connectivity index (χ1) is 10.7. The van der Waals surface area contributed by atoms with Crippen molar-refractivity contribution in [2.45, 2.75) is 19.4 Å². The minimum Gasteiger partial charge on any atom is -0.493 e. The molecule has 116 valence electrons. The van der Waals surface area contributed by atoms with Crippen LogP contribution in [0.2, 0.25) is 0 Å². The number of ether oxygens (including phenoxy) is 2. The molecule has 0 amide bonds. The minimum absolute atomic E-state index is 0.0504. The number of hydrogen-bond acceptors (Lipinski definition) is 3. The van der Waals surface area contributed by atoms with Crippen LogP contribution in [0.25, 0.3) is 0 Å². The van der Waals surface area contributed by atoms with Gasteiger partial charge in [0.1, 0.15) is 5.82 Å². The maximum Gasteiger partial charge on any atom is 0.164 e. The second-order valence-corrected chi connectivity index (χ2v) is 5.29. The molecule has 22 heavy (non-hydrogen) atoms. The van der Waals surface area contributed by atoms with Gasteiger partial charge in [-0.15, -0.1) is 0 Å². The van der Waals surface area contributed by atoms with Crippen LogP contribution >= 0.6 is 0 Å². The normalized spacial score (nSPS) is 17.0. The predicted octanol–water partition coefficient (Wildman–Crippen LogP) is 3.47. The SMILES string of the molecule is CCOc1c(OC)ccc2c1CCNC2c1ccc(F)cc1. The Kier molecular flexibility index (Phi) is 4.29. The van der Waals surface area contributed by atoms with Crippen LogP contribution in [0.15, 0.2) is 36.4 Å². The average Bonchev–Trinajstić information content (AvgIpc) is 2.55. The van der Waals surface area contributed by atoms with E-state index in [9.17, 15) is 4.39 Å². The molecular weight excluding hydrogens is 281 g/mol. The third-order valence-electron chi connectivity index (χ3n) is 4.01. The number of benzene rings is 2. The quantitative estimate of drug-likeness (QED) is 0.938. The van der Waals surface area contributed by atoms with Crippen molar-refractivity contribution in [1.29, 1.82) is 0 Å². The van der Waals surface area contributed by atoms with E-state index in [2.05, 4.69) is 11.4 Å². The zero-order chi connectivity index (χ0) is 15.5. The van der Waals surface area contributed by atoms with Crippen LogP contribution in [0.4, 0.5) is 4.39 Å². The standard InChI is InChI=1S/C18H20FNO2/c1-3-22-18-15-10-11-20-17(12-4-6-13(19)7-5-12)14(15)8-9-16(18)21-2/h4-9,17,20H,3,10-11H2,1-2H3. The van der Waals surface area contributed by atoms with Gasteiger partial charge in [0.2, 0.25) is 0 Å². The van der Waals surface area contributed by atoms with Gasteiger partial charge in [-0.05, 0) is 42.7 Å². The van der Waals surface area contributed by atoms with Crippen LogP contribution in [0, 0.1) is 5.82 Å². The molecule has 0 saturated carbocycles. The van der Waals surface area contributed by atoms with Crippen LogP contribution in [-0.4, -0.2) is 20.3 Å². The molecule has 0 aromatic heterocycles. The Hall–Kier alpha value is -2.07. The summed E-state index contributed by atoms with van der Waals surface area (Å²) in [6.45, 7) is 3.42. The molecule has 1 atom stereocenters. The largest absolute Gasteiger partial charge is 0.493 e. The van der Waals surface area contributed by atoms with E-state index in [0.717, 1.165) is 30.0 Å². The van der Waals surface area contributed by atoms with E-state index >= 15 is 0 Å². The first-order valence-electron chi connectivity index (χ1n) is 7.56. The van der Waals surface area contributed by atoms with E-state index in [0.29, 0.717) is 6.61 Å². The lowest BCUT2D eigenvalue weighted by atomic mass is 9.89. The number of fused-ring (bicyclic) bond motifs is 1. The van der Waals surface area contributed by atoms with Gasteiger partial charge in [0, 0.05) is 12.1 Å². The highest BCUT2D eigenvalue weighted by Crippen LogP contribution is 2.39. The van der Waals surface area contributed by atoms with Crippen molar-refractivity contribution >= 4 is 0 Å². The Bertz CT molecular complexity index is 655. The summed E-state index contributed by atoms with van der Waals surface area (Å²) in [6.07, 6.45) is 0.888. The number of nitrogens with one attached hydrogen (secondary N) is 1. The Morgan fingerprint density at radius 1 is 1.18 bits per heavy atom. The van der Waals surface area contributed by atoms with Crippen LogP contribution in [0.1, 0.15) is 29.7 Å². The van der Waals surface area contributed by atoms with Gasteiger partial charge >= 0.3 is 0 Å². The molecule has 1 aliphatic rings. The summed E-state index contributed by atoms with van der Waals surface area (Å²) in [5.74, 6) is 1.38. The molecule has 3 rings (SSSR count). The van der Waals surface area contributed by atoms with Gasteiger partial charge in [-0.2, -0.15) is 0 Å². The molecule has 0 spiro atoms. The molecule has 0 aliphatic carbocycles. The molecule has 0 saturated heterocycles. The van der Waals surface area contributed by atoms with Crippen molar-refractivity contribution in [3.8, 4) is 11.5 Å². The highest BCUT2D eigenvalue weighted by Gasteiger charge is 2.26. The van der Waals surface area contributed by atoms with Crippen molar-refractivity contribution in [2.24, 2.45) is 0 Å². The zero-order valence-corrected chi connectivity index (χ0v) is 12.9. The summed E-state index contributed by atoms with van der Waals surface area (Å²) in [5, 5.41) is 3.50. The van der Waals surface area contributed by atoms with E-state index < -0.39 is 0 Å². The topological polar surface area (TPSA) is 30.5 Å². The van der Waals surface area contributed by atoms with Gasteiger partial charge in [-0.1, -0.05) is 18.2 Å². The Morgan fingerprint density at radius 2 is 1.95 bits per heavy atom. The molecule has 1 unspecified atom stereocenters. The first kappa shape index (κ1) is 14.9. The van der Waals surface area contributed by atoms with Gasteiger partial charge in [0.25, 0.3) is 0 Å². The van der Waals surface area contributed by atoms with Crippen molar-refractivity contribution < 1.29 is 13.9 Å². The first-order valence-corrected chi connectivity index (χ1v) is 7.56. The number of halogens is 1. The summed E-state index contributed by atoms with van der Waals surface area (Å²) >= 11 is 0. The van der Waals surface area contributed by atoms with Crippen LogP contribution in [0.5, 0.6) is 11.5 Å². The van der Waals surface area contributed by atoms with E-state index in [4.69, 9.17) is 9.47 Å². The van der Waals surface area contributed by atoms with Crippen molar-refractivity contribution in [2.75, 3.05) is 20.3 Å². The van der Waals surface area contributed by atoms with Crippen molar-refractivity contribution in [3.63, 3.8) is 0 Å². The number of hydrogen-bond donors (Lipinski definition) is 1. The highest BCUT2D eigenvalue weighted by atomic mass is 19.1. The summed E-state index contributed by atoms with van der Waals surface area (Å²) in [5.41, 5.74) is 3.39. The molecular formula is C18H20FNO2. The van der Waals surface area contributed by atoms with Crippen LogP contribution < -0.4 is 14.8 Å². The fourth-order valence-corrected chi connectivity index (χ4v) is 3.02. The summed E-state index contributed by atoms with van der Waals surface area (Å²) in [7, 11) is 1.66. The molecule has 3 nitrogen and oxygen atoms in total. The maximum absolute atomic E-state index is 13.2. The monoisotopic (exact) mass is 301 g/mol. The van der Waals surface area contributed by atoms with Crippen LogP contribution in [-0.2, 0) is 6.42 Å². The van der Waals surface area contributed by atoms with Gasteiger partial charge in [0.15, 0.2) is 11.5 Å². The van der Waals surface area contributed by atoms with Gasteiger partial charge in [-0.25, -0.2) is 4.39 Å². The molecule has 1 heterocycles. The fraction of sp³-hybridized carbons (Fsp3) is 0.333. The van der Waals surface area contributed by atoms with Gasteiger partial charge in [0.05, 0.1) is 19.8 Å². The number of methoxy groups -OCH3 is 1. The van der Waals surface area contributed by atoms with E-state index in [1.54, 1.807) is 7.11 Å². The molecule has 1 N–H and O–H groups in total. The second-order valence-electron chi connectivity index (χ2n) is 5.29. The Labute approximate surface area is 130 Å². The molecule has 0 radical (unpaired) electrons. The van der Waals surface area contributed by atoms with E-state index in [1.807, 2.05) is 25.1 Å². The molecule has 2 aromatic rings. The van der Waals surface area contributed by atoms with E-state index in [1.165, 1.54) is 23.3 Å². The number of rotatable bonds is 4. The molecule has 4 heteroatoms. The third kappa shape index (κ3) is 2.66. The van der Waals surface area contributed by atoms with E-state index in [-0.39, 0.29) is 11.9 Å². The minimum atomic E-state index is -0.218. The molecule has 0 bridgehead atoms. The van der Waals surface area contributed by atoms with Crippen LogP contribution in [0.3, 0.4) is 0 Å². The van der Waals surface area contributed by atoms with Crippen molar-refractivity contribution in [1.82, 2.24) is 5.32 Å². The lowest BCUT2D eigenvalue weighted by Gasteiger charge is -2.29. The lowest BCUT2D eigenvalue weighted by molar-refractivity contribution is 0.305. The van der Waals surface area contributed by atoms with Crippen molar-refractivity contribution in [3.05, 3.63) is 58.9 Å². The maximum atomic E-state index is 13.2. The smallest absolute Gasteiger partial charge is 0.164 e. The molecule has 2 aromatic carbocycles. The predicted molar refractivity (Wildman–Crippen MR) is 84.1 cm³/mol. The molecule has 1 aliphatic heterocycles. The highest BCUT2D eigenvalue weighted by molar-refractivity contribution is 5.54. The Morgan fingerprint density at radius 3 is 2.64 bits per heavy atom. The summed E-state index contributed by atoms with van der Waals surface area (Å²) < 4.78 is 24.4. The lowest BCUT2D eigenvalue weighted by Crippen LogP contribution is -2.31. The van der Waals surface area contributed by atoms with Gasteiger partial charge < -0.3 is 14.8 Å². The zero-order valence-electron chi connectivity index (χ0n) is 12.9.